The van der Waals surface area contributed by atoms with Gasteiger partial charge in [0.15, 0.2) is 0 Å². The van der Waals surface area contributed by atoms with Crippen molar-refractivity contribution in [2.75, 3.05) is 20.3 Å². The Bertz CT molecular complexity index is 418. The minimum atomic E-state index is 0.0162. The minimum Gasteiger partial charge on any atom is -0.492 e. The third-order valence-corrected chi connectivity index (χ3v) is 3.29. The molecule has 0 aliphatic rings. The van der Waals surface area contributed by atoms with Crippen molar-refractivity contribution in [3.63, 3.8) is 0 Å². The Morgan fingerprint density at radius 1 is 1.37 bits per heavy atom. The summed E-state index contributed by atoms with van der Waals surface area (Å²) < 4.78 is 10.6. The van der Waals surface area contributed by atoms with Gasteiger partial charge in [0.2, 0.25) is 0 Å². The molecule has 0 N–H and O–H groups in total. The fraction of sp³-hybridized carbons (Fsp3) is 0.533. The maximum Gasteiger partial charge on any atom is 0.138 e. The molecule has 1 aromatic carbocycles. The maximum absolute atomic E-state index is 11.3. The van der Waals surface area contributed by atoms with Crippen LogP contribution in [0.3, 0.4) is 0 Å². The largest absolute Gasteiger partial charge is 0.492 e. The van der Waals surface area contributed by atoms with E-state index >= 15 is 0 Å². The number of Topliss-reactive ketones (excluding diaryl/α,β-unsaturated/α-hetero) is 1. The van der Waals surface area contributed by atoms with Crippen molar-refractivity contribution >= 4 is 17.4 Å². The van der Waals surface area contributed by atoms with Gasteiger partial charge in [-0.05, 0) is 31.0 Å². The Balaban J connectivity index is 2.63. The van der Waals surface area contributed by atoms with Crippen molar-refractivity contribution < 1.29 is 14.3 Å². The molecule has 0 aliphatic heterocycles. The van der Waals surface area contributed by atoms with Crippen molar-refractivity contribution in [1.82, 2.24) is 0 Å². The molecule has 0 fully saturated rings. The van der Waals surface area contributed by atoms with Crippen LogP contribution in [0.1, 0.15) is 25.8 Å². The lowest BCUT2D eigenvalue weighted by Crippen LogP contribution is -2.09. The molecule has 3 nitrogen and oxygen atoms in total. The highest BCUT2D eigenvalue weighted by molar-refractivity contribution is 6.32. The van der Waals surface area contributed by atoms with Crippen LogP contribution in [0.5, 0.6) is 5.75 Å². The summed E-state index contributed by atoms with van der Waals surface area (Å²) in [5.41, 5.74) is 1.06. The maximum atomic E-state index is 11.3. The Labute approximate surface area is 119 Å². The summed E-state index contributed by atoms with van der Waals surface area (Å²) in [5, 5.41) is 0.594. The Morgan fingerprint density at radius 3 is 2.74 bits per heavy atom. The highest BCUT2D eigenvalue weighted by Crippen LogP contribution is 2.26. The molecule has 1 aromatic rings. The Kier molecular flexibility index (Phi) is 6.89. The van der Waals surface area contributed by atoms with Crippen LogP contribution in [-0.2, 0) is 16.0 Å². The summed E-state index contributed by atoms with van der Waals surface area (Å²) in [6, 6.07) is 5.66. The first kappa shape index (κ1) is 16.0. The first-order chi connectivity index (χ1) is 9.04. The van der Waals surface area contributed by atoms with E-state index in [0.717, 1.165) is 12.0 Å². The van der Waals surface area contributed by atoms with E-state index in [4.69, 9.17) is 21.1 Å². The number of halogens is 1. The van der Waals surface area contributed by atoms with Crippen LogP contribution in [0.2, 0.25) is 5.02 Å². The predicted octanol–water partition coefficient (Wildman–Crippen LogP) is 3.52. The lowest BCUT2D eigenvalue weighted by Gasteiger charge is -2.12. The molecule has 0 amide bonds. The van der Waals surface area contributed by atoms with E-state index in [9.17, 15) is 4.79 Å². The molecular formula is C15H21ClO3. The van der Waals surface area contributed by atoms with E-state index in [1.807, 2.05) is 25.1 Å². The van der Waals surface area contributed by atoms with Crippen LogP contribution in [0.4, 0.5) is 0 Å². The van der Waals surface area contributed by atoms with Crippen molar-refractivity contribution in [1.29, 1.82) is 0 Å². The molecule has 0 spiro atoms. The van der Waals surface area contributed by atoms with Crippen molar-refractivity contribution in [3.8, 4) is 5.75 Å². The van der Waals surface area contributed by atoms with Gasteiger partial charge in [-0.1, -0.05) is 24.6 Å². The average Bonchev–Trinajstić information content (AvgIpc) is 2.38. The minimum absolute atomic E-state index is 0.0162. The summed E-state index contributed by atoms with van der Waals surface area (Å²) in [7, 11) is 1.66. The molecule has 0 bridgehead atoms. The molecule has 0 saturated carbocycles. The summed E-state index contributed by atoms with van der Waals surface area (Å²) >= 11 is 6.08. The topological polar surface area (TPSA) is 35.5 Å². The SMILES string of the molecule is COCCCOc1cc(CC(C)C(C)=O)ccc1Cl. The lowest BCUT2D eigenvalue weighted by molar-refractivity contribution is -0.120. The van der Waals surface area contributed by atoms with E-state index in [2.05, 4.69) is 0 Å². The van der Waals surface area contributed by atoms with Gasteiger partial charge in [-0.2, -0.15) is 0 Å². The Morgan fingerprint density at radius 2 is 2.11 bits per heavy atom. The molecule has 106 valence electrons. The summed E-state index contributed by atoms with van der Waals surface area (Å²) in [6.45, 7) is 4.77. The number of carbonyl (C=O) groups excluding carboxylic acids is 1. The quantitative estimate of drug-likeness (QED) is 0.685. The van der Waals surface area contributed by atoms with Crippen molar-refractivity contribution in [2.24, 2.45) is 5.92 Å². The third kappa shape index (κ3) is 5.62. The van der Waals surface area contributed by atoms with Crippen LogP contribution in [0.15, 0.2) is 18.2 Å². The van der Waals surface area contributed by atoms with Gasteiger partial charge in [-0.15, -0.1) is 0 Å². The van der Waals surface area contributed by atoms with Crippen molar-refractivity contribution in [2.45, 2.75) is 26.7 Å². The molecule has 0 saturated heterocycles. The normalized spacial score (nSPS) is 12.2. The fourth-order valence-corrected chi connectivity index (χ4v) is 1.84. The highest BCUT2D eigenvalue weighted by atomic mass is 35.5. The number of benzene rings is 1. The van der Waals surface area contributed by atoms with E-state index < -0.39 is 0 Å². The number of hydrogen-bond acceptors (Lipinski definition) is 3. The summed E-state index contributed by atoms with van der Waals surface area (Å²) in [5.74, 6) is 0.881. The monoisotopic (exact) mass is 284 g/mol. The molecular weight excluding hydrogens is 264 g/mol. The number of ketones is 1. The zero-order chi connectivity index (χ0) is 14.3. The number of methoxy groups -OCH3 is 1. The number of ether oxygens (including phenoxy) is 2. The summed E-state index contributed by atoms with van der Waals surface area (Å²) in [6.07, 6.45) is 1.53. The van der Waals surface area contributed by atoms with Gasteiger partial charge in [0.05, 0.1) is 11.6 Å². The van der Waals surface area contributed by atoms with Gasteiger partial charge in [0, 0.05) is 26.1 Å². The molecule has 19 heavy (non-hydrogen) atoms. The second kappa shape index (κ2) is 8.18. The van der Waals surface area contributed by atoms with E-state index in [1.54, 1.807) is 14.0 Å². The van der Waals surface area contributed by atoms with Crippen LogP contribution < -0.4 is 4.74 Å². The third-order valence-electron chi connectivity index (χ3n) is 2.98. The van der Waals surface area contributed by atoms with Crippen LogP contribution in [0, 0.1) is 5.92 Å². The summed E-state index contributed by atoms with van der Waals surface area (Å²) in [4.78, 5) is 11.3. The first-order valence-electron chi connectivity index (χ1n) is 6.45. The second-order valence-electron chi connectivity index (χ2n) is 4.68. The predicted molar refractivity (Wildman–Crippen MR) is 77.0 cm³/mol. The fourth-order valence-electron chi connectivity index (χ4n) is 1.67. The molecule has 1 rings (SSSR count). The van der Waals surface area contributed by atoms with Crippen LogP contribution in [0.25, 0.3) is 0 Å². The standard InChI is InChI=1S/C15H21ClO3/c1-11(12(2)17)9-13-5-6-14(16)15(10-13)19-8-4-7-18-3/h5-6,10-11H,4,7-9H2,1-3H3. The molecule has 1 atom stereocenters. The number of hydrogen-bond donors (Lipinski definition) is 0. The van der Waals surface area contributed by atoms with E-state index in [0.29, 0.717) is 30.4 Å². The van der Waals surface area contributed by atoms with E-state index in [-0.39, 0.29) is 11.7 Å². The first-order valence-corrected chi connectivity index (χ1v) is 6.83. The number of rotatable bonds is 8. The van der Waals surface area contributed by atoms with Crippen LogP contribution >= 0.6 is 11.6 Å². The van der Waals surface area contributed by atoms with Gasteiger partial charge in [-0.3, -0.25) is 4.79 Å². The second-order valence-corrected chi connectivity index (χ2v) is 5.08. The molecule has 1 unspecified atom stereocenters. The Hall–Kier alpha value is -1.06. The zero-order valence-electron chi connectivity index (χ0n) is 11.7. The smallest absolute Gasteiger partial charge is 0.138 e. The van der Waals surface area contributed by atoms with Gasteiger partial charge in [-0.25, -0.2) is 0 Å². The van der Waals surface area contributed by atoms with Crippen LogP contribution in [-0.4, -0.2) is 26.1 Å². The molecule has 4 heteroatoms. The average molecular weight is 285 g/mol. The molecule has 0 heterocycles. The highest BCUT2D eigenvalue weighted by Gasteiger charge is 2.10. The lowest BCUT2D eigenvalue weighted by atomic mass is 9.98. The van der Waals surface area contributed by atoms with Gasteiger partial charge in [0.1, 0.15) is 11.5 Å². The number of carbonyl (C=O) groups is 1. The van der Waals surface area contributed by atoms with Gasteiger partial charge >= 0.3 is 0 Å². The van der Waals surface area contributed by atoms with Crippen molar-refractivity contribution in [3.05, 3.63) is 28.8 Å². The zero-order valence-corrected chi connectivity index (χ0v) is 12.5. The molecule has 0 aliphatic carbocycles. The molecule has 0 radical (unpaired) electrons. The van der Waals surface area contributed by atoms with Gasteiger partial charge in [0.25, 0.3) is 0 Å². The molecule has 0 aromatic heterocycles. The van der Waals surface area contributed by atoms with E-state index in [1.165, 1.54) is 0 Å². The van der Waals surface area contributed by atoms with Gasteiger partial charge < -0.3 is 9.47 Å².